The summed E-state index contributed by atoms with van der Waals surface area (Å²) in [7, 11) is 0. The fraction of sp³-hybridized carbons (Fsp3) is 0.652. The summed E-state index contributed by atoms with van der Waals surface area (Å²) >= 11 is 0. The number of nitrogens with zero attached hydrogens (tertiary/aromatic N) is 4. The Balaban J connectivity index is 1.27. The zero-order valence-electron chi connectivity index (χ0n) is 18.2. The number of morpholine rings is 1. The van der Waals surface area contributed by atoms with Gasteiger partial charge in [0.2, 0.25) is 0 Å². The third-order valence-electron chi connectivity index (χ3n) is 7.32. The Morgan fingerprint density at radius 1 is 1.09 bits per heavy atom. The Kier molecular flexibility index (Phi) is 5.15. The van der Waals surface area contributed by atoms with E-state index in [0.717, 1.165) is 77.7 Å². The molecule has 3 aliphatic heterocycles. The summed E-state index contributed by atoms with van der Waals surface area (Å²) < 4.78 is 40.3. The molecule has 1 N–H and O–H groups in total. The molecule has 0 spiro atoms. The van der Waals surface area contributed by atoms with E-state index in [1.54, 1.807) is 0 Å². The van der Waals surface area contributed by atoms with Gasteiger partial charge in [-0.25, -0.2) is 8.78 Å². The lowest BCUT2D eigenvalue weighted by molar-refractivity contribution is 0.0231. The molecule has 172 valence electrons. The fourth-order valence-corrected chi connectivity index (χ4v) is 5.37. The molecule has 7 nitrogen and oxygen atoms in total. The highest BCUT2D eigenvalue weighted by molar-refractivity contribution is 5.90. The molecule has 1 aromatic heterocycles. The number of anilines is 1. The van der Waals surface area contributed by atoms with E-state index in [2.05, 4.69) is 25.1 Å². The van der Waals surface area contributed by atoms with Crippen LogP contribution in [0.2, 0.25) is 0 Å². The second-order valence-corrected chi connectivity index (χ2v) is 9.83. The first kappa shape index (κ1) is 20.5. The van der Waals surface area contributed by atoms with Crippen molar-refractivity contribution in [2.24, 2.45) is 5.41 Å². The van der Waals surface area contributed by atoms with Crippen LogP contribution in [0.15, 0.2) is 12.1 Å². The lowest BCUT2D eigenvalue weighted by Crippen LogP contribution is -2.51. The van der Waals surface area contributed by atoms with Crippen molar-refractivity contribution in [3.05, 3.63) is 23.8 Å². The van der Waals surface area contributed by atoms with Crippen molar-refractivity contribution in [2.45, 2.75) is 37.8 Å². The molecule has 2 unspecified atom stereocenters. The number of hydrogen-bond donors (Lipinski definition) is 1. The predicted molar refractivity (Wildman–Crippen MR) is 116 cm³/mol. The van der Waals surface area contributed by atoms with Crippen LogP contribution in [0, 0.1) is 17.0 Å². The Morgan fingerprint density at radius 3 is 2.56 bits per heavy atom. The van der Waals surface area contributed by atoms with Crippen molar-refractivity contribution >= 4 is 16.7 Å². The number of ether oxygens (including phenoxy) is 2. The maximum absolute atomic E-state index is 14.7. The molecule has 4 fully saturated rings. The van der Waals surface area contributed by atoms with Crippen molar-refractivity contribution in [1.29, 1.82) is 0 Å². The predicted octanol–water partition coefficient (Wildman–Crippen LogP) is 2.34. The summed E-state index contributed by atoms with van der Waals surface area (Å²) in [5.41, 5.74) is 0.223. The van der Waals surface area contributed by atoms with Crippen LogP contribution in [0.4, 0.5) is 14.6 Å². The lowest BCUT2D eigenvalue weighted by Gasteiger charge is -2.34. The number of halogens is 2. The molecule has 6 rings (SSSR count). The van der Waals surface area contributed by atoms with Crippen LogP contribution in [0.3, 0.4) is 0 Å². The molecule has 4 aliphatic rings. The third-order valence-corrected chi connectivity index (χ3v) is 7.32. The van der Waals surface area contributed by atoms with Gasteiger partial charge in [-0.1, -0.05) is 0 Å². The second-order valence-electron chi connectivity index (χ2n) is 9.83. The Bertz CT molecular complexity index is 1000. The number of nitrogens with one attached hydrogen (secondary N) is 1. The van der Waals surface area contributed by atoms with Gasteiger partial charge in [0.15, 0.2) is 5.82 Å². The van der Waals surface area contributed by atoms with E-state index in [0.29, 0.717) is 29.9 Å². The number of fused-ring (bicyclic) bond motifs is 3. The smallest absolute Gasteiger partial charge is 0.319 e. The van der Waals surface area contributed by atoms with Crippen LogP contribution in [-0.4, -0.2) is 79.5 Å². The minimum Gasteiger partial charge on any atom is -0.463 e. The molecule has 4 heterocycles. The first-order valence-corrected chi connectivity index (χ1v) is 11.7. The number of rotatable bonds is 6. The largest absolute Gasteiger partial charge is 0.463 e. The molecular weight excluding hydrogens is 416 g/mol. The van der Waals surface area contributed by atoms with Crippen LogP contribution < -0.4 is 15.0 Å². The number of benzene rings is 1. The average Bonchev–Trinajstić information content (AvgIpc) is 3.47. The Labute approximate surface area is 186 Å². The maximum Gasteiger partial charge on any atom is 0.319 e. The van der Waals surface area contributed by atoms with E-state index >= 15 is 0 Å². The fourth-order valence-electron chi connectivity index (χ4n) is 5.37. The van der Waals surface area contributed by atoms with Crippen LogP contribution in [0.25, 0.3) is 10.9 Å². The van der Waals surface area contributed by atoms with E-state index in [1.807, 2.05) is 0 Å². The molecule has 1 saturated carbocycles. The average molecular weight is 446 g/mol. The van der Waals surface area contributed by atoms with E-state index in [-0.39, 0.29) is 16.9 Å². The summed E-state index contributed by atoms with van der Waals surface area (Å²) in [4.78, 5) is 13.6. The topological polar surface area (TPSA) is 62.8 Å². The number of piperazine rings is 1. The van der Waals surface area contributed by atoms with Crippen LogP contribution in [0.1, 0.15) is 25.7 Å². The van der Waals surface area contributed by atoms with E-state index in [9.17, 15) is 8.78 Å². The molecule has 0 radical (unpaired) electrons. The molecule has 2 atom stereocenters. The first-order chi connectivity index (χ1) is 15.6. The lowest BCUT2D eigenvalue weighted by atomic mass is 10.1. The van der Waals surface area contributed by atoms with E-state index in [1.165, 1.54) is 6.07 Å². The van der Waals surface area contributed by atoms with Gasteiger partial charge in [0.1, 0.15) is 17.2 Å². The maximum atomic E-state index is 14.7. The monoisotopic (exact) mass is 445 g/mol. The van der Waals surface area contributed by atoms with Gasteiger partial charge in [0, 0.05) is 61.7 Å². The first-order valence-electron chi connectivity index (χ1n) is 11.7. The zero-order chi connectivity index (χ0) is 21.7. The summed E-state index contributed by atoms with van der Waals surface area (Å²) in [6.45, 7) is 6.44. The quantitative estimate of drug-likeness (QED) is 0.732. The normalized spacial score (nSPS) is 27.1. The highest BCUT2D eigenvalue weighted by Crippen LogP contribution is 2.46. The van der Waals surface area contributed by atoms with Gasteiger partial charge in [-0.3, -0.25) is 4.90 Å². The molecule has 2 bridgehead atoms. The molecular formula is C23H29F2N5O2. The zero-order valence-corrected chi connectivity index (χ0v) is 18.2. The highest BCUT2D eigenvalue weighted by atomic mass is 19.1. The summed E-state index contributed by atoms with van der Waals surface area (Å²) in [5, 5.41) is 4.00. The van der Waals surface area contributed by atoms with Gasteiger partial charge >= 0.3 is 6.01 Å². The van der Waals surface area contributed by atoms with Crippen molar-refractivity contribution in [3.8, 4) is 6.01 Å². The SMILES string of the molecule is Fc1cc(F)c2nc(OCC3(CN4CCOCC4)CC3)nc(N3CC4CCC(C3)N4)c2c1. The van der Waals surface area contributed by atoms with Gasteiger partial charge in [0.05, 0.1) is 19.8 Å². The van der Waals surface area contributed by atoms with Crippen LogP contribution in [-0.2, 0) is 4.74 Å². The van der Waals surface area contributed by atoms with E-state index < -0.39 is 11.6 Å². The number of aromatic nitrogens is 2. The number of hydrogen-bond acceptors (Lipinski definition) is 7. The van der Waals surface area contributed by atoms with Crippen molar-refractivity contribution in [2.75, 3.05) is 57.4 Å². The van der Waals surface area contributed by atoms with Gasteiger partial charge in [-0.15, -0.1) is 0 Å². The van der Waals surface area contributed by atoms with Crippen molar-refractivity contribution in [1.82, 2.24) is 20.2 Å². The van der Waals surface area contributed by atoms with Crippen LogP contribution >= 0.6 is 0 Å². The minimum atomic E-state index is -0.680. The van der Waals surface area contributed by atoms with Gasteiger partial charge in [-0.05, 0) is 31.7 Å². The van der Waals surface area contributed by atoms with Crippen molar-refractivity contribution in [3.63, 3.8) is 0 Å². The third kappa shape index (κ3) is 4.02. The minimum absolute atomic E-state index is 0.102. The molecule has 2 aromatic rings. The molecule has 1 aromatic carbocycles. The summed E-state index contributed by atoms with van der Waals surface area (Å²) in [6, 6.07) is 3.15. The highest BCUT2D eigenvalue weighted by Gasteiger charge is 2.45. The summed E-state index contributed by atoms with van der Waals surface area (Å²) in [5.74, 6) is -0.727. The Morgan fingerprint density at radius 2 is 1.84 bits per heavy atom. The standard InChI is InChI=1S/C23H29F2N5O2/c24-15-9-18-20(19(25)10-15)27-22(28-21(18)30-11-16-1-2-17(12-30)26-16)32-14-23(3-4-23)13-29-5-7-31-8-6-29/h9-10,16-17,26H,1-8,11-14H2. The summed E-state index contributed by atoms with van der Waals surface area (Å²) in [6.07, 6.45) is 4.43. The van der Waals surface area contributed by atoms with Crippen molar-refractivity contribution < 1.29 is 18.3 Å². The van der Waals surface area contributed by atoms with Crippen LogP contribution in [0.5, 0.6) is 6.01 Å². The Hall–Kier alpha value is -2.10. The molecule has 1 aliphatic carbocycles. The molecule has 0 amide bonds. The van der Waals surface area contributed by atoms with Gasteiger partial charge in [0.25, 0.3) is 0 Å². The molecule has 32 heavy (non-hydrogen) atoms. The van der Waals surface area contributed by atoms with Gasteiger partial charge < -0.3 is 19.7 Å². The molecule has 9 heteroatoms. The molecule has 3 saturated heterocycles. The van der Waals surface area contributed by atoms with Gasteiger partial charge in [-0.2, -0.15) is 9.97 Å². The second kappa shape index (κ2) is 8.04. The van der Waals surface area contributed by atoms with E-state index in [4.69, 9.17) is 9.47 Å².